The van der Waals surface area contributed by atoms with E-state index in [9.17, 15) is 14.3 Å². The number of likely N-dealkylation sites (N-methyl/N-ethyl adjacent to an activating group) is 1. The summed E-state index contributed by atoms with van der Waals surface area (Å²) < 4.78 is 13.0. The highest BCUT2D eigenvalue weighted by Gasteiger charge is 2.21. The van der Waals surface area contributed by atoms with E-state index in [0.29, 0.717) is 13.1 Å². The number of aromatic hydroxyl groups is 1. The standard InChI is InChI=1S/C20H24FN3O2/c1-22(14-16-6-8-17(21)9-7-16)20(26)15-23-10-12-24(13-11-23)18-4-2-3-5-19(18)25/h2-9,25H,10-15H2,1H3. The molecule has 1 N–H and O–H groups in total. The third kappa shape index (κ3) is 4.52. The first-order valence-electron chi connectivity index (χ1n) is 8.76. The van der Waals surface area contributed by atoms with E-state index in [4.69, 9.17) is 0 Å². The summed E-state index contributed by atoms with van der Waals surface area (Å²) in [5, 5.41) is 9.96. The number of hydrogen-bond donors (Lipinski definition) is 1. The first kappa shape index (κ1) is 18.2. The number of carbonyl (C=O) groups is 1. The monoisotopic (exact) mass is 357 g/mol. The maximum absolute atomic E-state index is 13.0. The van der Waals surface area contributed by atoms with Crippen LogP contribution < -0.4 is 4.90 Å². The molecule has 2 aromatic carbocycles. The van der Waals surface area contributed by atoms with Crippen molar-refractivity contribution in [2.24, 2.45) is 0 Å². The van der Waals surface area contributed by atoms with Crippen molar-refractivity contribution in [2.45, 2.75) is 6.54 Å². The van der Waals surface area contributed by atoms with Gasteiger partial charge in [0.05, 0.1) is 12.2 Å². The largest absolute Gasteiger partial charge is 0.506 e. The second kappa shape index (κ2) is 8.19. The van der Waals surface area contributed by atoms with Crippen molar-refractivity contribution < 1.29 is 14.3 Å². The van der Waals surface area contributed by atoms with E-state index in [-0.39, 0.29) is 17.5 Å². The van der Waals surface area contributed by atoms with E-state index in [2.05, 4.69) is 9.80 Å². The van der Waals surface area contributed by atoms with Crippen LogP contribution in [-0.4, -0.2) is 60.6 Å². The van der Waals surface area contributed by atoms with Crippen LogP contribution in [0, 0.1) is 5.82 Å². The van der Waals surface area contributed by atoms with Crippen molar-refractivity contribution >= 4 is 11.6 Å². The molecule has 0 aliphatic carbocycles. The molecule has 1 amide bonds. The zero-order valence-electron chi connectivity index (χ0n) is 14.9. The summed E-state index contributed by atoms with van der Waals surface area (Å²) in [6, 6.07) is 13.5. The highest BCUT2D eigenvalue weighted by molar-refractivity contribution is 5.78. The van der Waals surface area contributed by atoms with Gasteiger partial charge >= 0.3 is 0 Å². The maximum atomic E-state index is 13.0. The summed E-state index contributed by atoms with van der Waals surface area (Å²) in [7, 11) is 1.77. The topological polar surface area (TPSA) is 47.0 Å². The second-order valence-electron chi connectivity index (χ2n) is 6.63. The lowest BCUT2D eigenvalue weighted by Gasteiger charge is -2.36. The molecule has 0 atom stereocenters. The molecule has 2 aromatic rings. The van der Waals surface area contributed by atoms with Crippen molar-refractivity contribution in [3.63, 3.8) is 0 Å². The molecule has 0 bridgehead atoms. The Kier molecular flexibility index (Phi) is 5.73. The molecule has 0 aromatic heterocycles. The fourth-order valence-electron chi connectivity index (χ4n) is 3.14. The van der Waals surface area contributed by atoms with Crippen LogP contribution >= 0.6 is 0 Å². The zero-order valence-corrected chi connectivity index (χ0v) is 14.9. The molecule has 26 heavy (non-hydrogen) atoms. The van der Waals surface area contributed by atoms with Crippen LogP contribution in [-0.2, 0) is 11.3 Å². The minimum Gasteiger partial charge on any atom is -0.506 e. The molecule has 138 valence electrons. The summed E-state index contributed by atoms with van der Waals surface area (Å²) in [5.74, 6) is 0.0615. The Hall–Kier alpha value is -2.60. The van der Waals surface area contributed by atoms with Crippen LogP contribution in [0.4, 0.5) is 10.1 Å². The van der Waals surface area contributed by atoms with Crippen molar-refractivity contribution in [3.05, 3.63) is 59.9 Å². The lowest BCUT2D eigenvalue weighted by Crippen LogP contribution is -2.49. The summed E-state index contributed by atoms with van der Waals surface area (Å²) >= 11 is 0. The number of carbonyl (C=O) groups excluding carboxylic acids is 1. The third-order valence-corrected chi connectivity index (χ3v) is 4.71. The van der Waals surface area contributed by atoms with Gasteiger partial charge in [-0.15, -0.1) is 0 Å². The van der Waals surface area contributed by atoms with Gasteiger partial charge in [-0.25, -0.2) is 4.39 Å². The summed E-state index contributed by atoms with van der Waals surface area (Å²) in [6.45, 7) is 3.91. The number of piperazine rings is 1. The Morgan fingerprint density at radius 3 is 2.38 bits per heavy atom. The fourth-order valence-corrected chi connectivity index (χ4v) is 3.14. The van der Waals surface area contributed by atoms with Crippen LogP contribution in [0.2, 0.25) is 0 Å². The van der Waals surface area contributed by atoms with E-state index in [1.807, 2.05) is 18.2 Å². The molecule has 3 rings (SSSR count). The van der Waals surface area contributed by atoms with Gasteiger partial charge in [0.1, 0.15) is 11.6 Å². The molecule has 1 fully saturated rings. The van der Waals surface area contributed by atoms with Gasteiger partial charge in [0.2, 0.25) is 5.91 Å². The first-order chi connectivity index (χ1) is 12.5. The first-order valence-corrected chi connectivity index (χ1v) is 8.76. The number of hydrogen-bond acceptors (Lipinski definition) is 4. The number of phenolic OH excluding ortho intramolecular Hbond substituents is 1. The minimum atomic E-state index is -0.273. The minimum absolute atomic E-state index is 0.0466. The highest BCUT2D eigenvalue weighted by Crippen LogP contribution is 2.27. The van der Waals surface area contributed by atoms with Crippen LogP contribution in [0.1, 0.15) is 5.56 Å². The lowest BCUT2D eigenvalue weighted by molar-refractivity contribution is -0.131. The van der Waals surface area contributed by atoms with Gasteiger partial charge in [-0.3, -0.25) is 9.69 Å². The number of benzene rings is 2. The maximum Gasteiger partial charge on any atom is 0.236 e. The molecule has 1 heterocycles. The Labute approximate surface area is 153 Å². The second-order valence-corrected chi connectivity index (χ2v) is 6.63. The third-order valence-electron chi connectivity index (χ3n) is 4.71. The average Bonchev–Trinajstić information content (AvgIpc) is 2.65. The predicted octanol–water partition coefficient (Wildman–Crippen LogP) is 2.31. The van der Waals surface area contributed by atoms with Gasteiger partial charge in [0.15, 0.2) is 0 Å². The molecular formula is C20H24FN3O2. The average molecular weight is 357 g/mol. The Bertz CT molecular complexity index is 743. The predicted molar refractivity (Wildman–Crippen MR) is 99.6 cm³/mol. The number of rotatable bonds is 5. The molecule has 0 saturated carbocycles. The number of nitrogens with zero attached hydrogens (tertiary/aromatic N) is 3. The SMILES string of the molecule is CN(Cc1ccc(F)cc1)C(=O)CN1CCN(c2ccccc2O)CC1. The van der Waals surface area contributed by atoms with E-state index >= 15 is 0 Å². The number of anilines is 1. The number of halogens is 1. The van der Waals surface area contributed by atoms with Crippen LogP contribution in [0.15, 0.2) is 48.5 Å². The van der Waals surface area contributed by atoms with Gasteiger partial charge in [0.25, 0.3) is 0 Å². The van der Waals surface area contributed by atoms with Crippen LogP contribution in [0.3, 0.4) is 0 Å². The van der Waals surface area contributed by atoms with Crippen molar-refractivity contribution in [2.75, 3.05) is 44.7 Å². The quantitative estimate of drug-likeness (QED) is 0.892. The summed E-state index contributed by atoms with van der Waals surface area (Å²) in [5.41, 5.74) is 1.75. The van der Waals surface area contributed by atoms with Gasteiger partial charge in [0, 0.05) is 39.8 Å². The van der Waals surface area contributed by atoms with Crippen LogP contribution in [0.25, 0.3) is 0 Å². The lowest BCUT2D eigenvalue weighted by atomic mass is 10.2. The Morgan fingerprint density at radius 2 is 1.73 bits per heavy atom. The van der Waals surface area contributed by atoms with Crippen molar-refractivity contribution in [1.29, 1.82) is 0 Å². The van der Waals surface area contributed by atoms with Gasteiger partial charge < -0.3 is 14.9 Å². The molecule has 0 unspecified atom stereocenters. The molecule has 0 spiro atoms. The number of phenols is 1. The summed E-state index contributed by atoms with van der Waals surface area (Å²) in [4.78, 5) is 18.4. The fraction of sp³-hybridized carbons (Fsp3) is 0.350. The molecule has 1 aliphatic rings. The Morgan fingerprint density at radius 1 is 1.08 bits per heavy atom. The van der Waals surface area contributed by atoms with E-state index in [0.717, 1.165) is 37.4 Å². The number of para-hydroxylation sites is 2. The number of amides is 1. The van der Waals surface area contributed by atoms with Crippen LogP contribution in [0.5, 0.6) is 5.75 Å². The molecule has 6 heteroatoms. The molecular weight excluding hydrogens is 333 g/mol. The van der Waals surface area contributed by atoms with E-state index in [1.165, 1.54) is 12.1 Å². The Balaban J connectivity index is 1.48. The van der Waals surface area contributed by atoms with Crippen molar-refractivity contribution in [3.8, 4) is 5.75 Å². The van der Waals surface area contributed by atoms with Gasteiger partial charge in [-0.1, -0.05) is 24.3 Å². The summed E-state index contributed by atoms with van der Waals surface area (Å²) in [6.07, 6.45) is 0. The molecule has 1 saturated heterocycles. The molecule has 0 radical (unpaired) electrons. The zero-order chi connectivity index (χ0) is 18.5. The van der Waals surface area contributed by atoms with E-state index in [1.54, 1.807) is 30.1 Å². The normalized spacial score (nSPS) is 15.1. The smallest absolute Gasteiger partial charge is 0.236 e. The highest BCUT2D eigenvalue weighted by atomic mass is 19.1. The van der Waals surface area contributed by atoms with Gasteiger partial charge in [-0.05, 0) is 29.8 Å². The van der Waals surface area contributed by atoms with Gasteiger partial charge in [-0.2, -0.15) is 0 Å². The molecule has 1 aliphatic heterocycles. The molecule has 5 nitrogen and oxygen atoms in total. The van der Waals surface area contributed by atoms with Crippen molar-refractivity contribution in [1.82, 2.24) is 9.80 Å². The van der Waals surface area contributed by atoms with E-state index < -0.39 is 0 Å².